The predicted octanol–water partition coefficient (Wildman–Crippen LogP) is 3.43. The van der Waals surface area contributed by atoms with Gasteiger partial charge in [-0.1, -0.05) is 24.3 Å². The molecule has 6 heteroatoms. The lowest BCUT2D eigenvalue weighted by Gasteiger charge is -2.32. The Bertz CT molecular complexity index is 913. The van der Waals surface area contributed by atoms with E-state index in [1.54, 1.807) is 12.0 Å². The molecule has 2 amide bonds. The highest BCUT2D eigenvalue weighted by Crippen LogP contribution is 2.39. The molecule has 0 bridgehead atoms. The van der Waals surface area contributed by atoms with E-state index < -0.39 is 0 Å². The van der Waals surface area contributed by atoms with E-state index in [2.05, 4.69) is 0 Å². The van der Waals surface area contributed by atoms with E-state index in [1.807, 2.05) is 54.3 Å². The highest BCUT2D eigenvalue weighted by molar-refractivity contribution is 6.06. The van der Waals surface area contributed by atoms with Crippen LogP contribution >= 0.6 is 0 Å². The van der Waals surface area contributed by atoms with Crippen molar-refractivity contribution in [2.45, 2.75) is 26.2 Å². The molecule has 0 aliphatic carbocycles. The fourth-order valence-electron chi connectivity index (χ4n) is 4.28. The highest BCUT2D eigenvalue weighted by Gasteiger charge is 2.40. The molecule has 1 atom stereocenters. The first-order chi connectivity index (χ1) is 14.1. The second-order valence-electron chi connectivity index (χ2n) is 7.37. The van der Waals surface area contributed by atoms with Gasteiger partial charge in [-0.05, 0) is 43.5 Å². The molecular weight excluding hydrogens is 368 g/mol. The van der Waals surface area contributed by atoms with Gasteiger partial charge >= 0.3 is 0 Å². The topological polar surface area (TPSA) is 59.1 Å². The molecule has 152 valence electrons. The molecule has 6 nitrogen and oxygen atoms in total. The number of anilines is 2. The van der Waals surface area contributed by atoms with Crippen molar-refractivity contribution in [3.05, 3.63) is 48.0 Å². The second kappa shape index (κ2) is 8.15. The van der Waals surface area contributed by atoms with Crippen LogP contribution in [-0.4, -0.2) is 38.6 Å². The molecule has 1 fully saturated rings. The lowest BCUT2D eigenvalue weighted by molar-refractivity contribution is -0.124. The van der Waals surface area contributed by atoms with Crippen LogP contribution in [0.15, 0.2) is 42.5 Å². The van der Waals surface area contributed by atoms with Crippen LogP contribution in [0.5, 0.6) is 11.5 Å². The molecule has 1 saturated heterocycles. The lowest BCUT2D eigenvalue weighted by atomic mass is 9.98. The third-order valence-electron chi connectivity index (χ3n) is 5.60. The number of benzene rings is 2. The van der Waals surface area contributed by atoms with Crippen LogP contribution < -0.4 is 19.3 Å². The monoisotopic (exact) mass is 394 g/mol. The summed E-state index contributed by atoms with van der Waals surface area (Å²) in [5, 5.41) is 0. The molecule has 2 heterocycles. The largest absolute Gasteiger partial charge is 0.495 e. The van der Waals surface area contributed by atoms with Gasteiger partial charge < -0.3 is 19.3 Å². The Morgan fingerprint density at radius 3 is 2.72 bits per heavy atom. The van der Waals surface area contributed by atoms with E-state index in [0.29, 0.717) is 31.2 Å². The molecule has 0 N–H and O–H groups in total. The zero-order valence-electron chi connectivity index (χ0n) is 16.9. The fourth-order valence-corrected chi connectivity index (χ4v) is 4.28. The average molecular weight is 394 g/mol. The smallest absolute Gasteiger partial charge is 0.232 e. The van der Waals surface area contributed by atoms with Gasteiger partial charge in [0.05, 0.1) is 31.0 Å². The maximum absolute atomic E-state index is 13.4. The second-order valence-corrected chi connectivity index (χ2v) is 7.37. The van der Waals surface area contributed by atoms with E-state index in [0.717, 1.165) is 29.8 Å². The van der Waals surface area contributed by atoms with E-state index in [4.69, 9.17) is 9.47 Å². The number of methoxy groups -OCH3 is 1. The molecule has 1 unspecified atom stereocenters. The van der Waals surface area contributed by atoms with Gasteiger partial charge in [0.25, 0.3) is 0 Å². The maximum atomic E-state index is 13.4. The number of hydrogen-bond donors (Lipinski definition) is 0. The highest BCUT2D eigenvalue weighted by atomic mass is 16.5. The number of para-hydroxylation sites is 3. The lowest BCUT2D eigenvalue weighted by Crippen LogP contribution is -2.40. The van der Waals surface area contributed by atoms with Crippen molar-refractivity contribution in [2.24, 2.45) is 5.92 Å². The van der Waals surface area contributed by atoms with Gasteiger partial charge in [-0.15, -0.1) is 0 Å². The van der Waals surface area contributed by atoms with Crippen molar-refractivity contribution in [3.8, 4) is 11.5 Å². The number of carbonyl (C=O) groups excluding carboxylic acids is 2. The molecule has 2 aliphatic rings. The van der Waals surface area contributed by atoms with Crippen molar-refractivity contribution in [1.82, 2.24) is 0 Å². The van der Waals surface area contributed by atoms with Crippen LogP contribution in [0.1, 0.15) is 25.3 Å². The normalized spacial score (nSPS) is 18.6. The van der Waals surface area contributed by atoms with Gasteiger partial charge in [-0.25, -0.2) is 0 Å². The first kappa shape index (κ1) is 19.3. The van der Waals surface area contributed by atoms with E-state index >= 15 is 0 Å². The summed E-state index contributed by atoms with van der Waals surface area (Å²) in [6.07, 6.45) is 2.04. The first-order valence-electron chi connectivity index (χ1n) is 10.1. The number of rotatable bonds is 5. The Labute approximate surface area is 171 Å². The number of fused-ring (bicyclic) bond motifs is 1. The average Bonchev–Trinajstić information content (AvgIpc) is 3.14. The summed E-state index contributed by atoms with van der Waals surface area (Å²) in [5.41, 5.74) is 2.70. The van der Waals surface area contributed by atoms with Crippen molar-refractivity contribution >= 4 is 23.2 Å². The number of carbonyl (C=O) groups is 2. The Morgan fingerprint density at radius 1 is 1.14 bits per heavy atom. The zero-order valence-corrected chi connectivity index (χ0v) is 16.9. The number of amides is 2. The van der Waals surface area contributed by atoms with Crippen LogP contribution in [0.4, 0.5) is 11.4 Å². The SMILES string of the molecule is CCOc1ccccc1N1CC(C(=O)N2CCCc3cccc(OC)c32)CC1=O. The zero-order chi connectivity index (χ0) is 20.4. The van der Waals surface area contributed by atoms with Crippen molar-refractivity contribution in [2.75, 3.05) is 36.6 Å². The molecule has 2 aliphatic heterocycles. The van der Waals surface area contributed by atoms with Crippen LogP contribution in [0, 0.1) is 5.92 Å². The van der Waals surface area contributed by atoms with Gasteiger partial charge in [-0.3, -0.25) is 9.59 Å². The summed E-state index contributed by atoms with van der Waals surface area (Å²) in [4.78, 5) is 29.7. The summed E-state index contributed by atoms with van der Waals surface area (Å²) in [6, 6.07) is 13.4. The minimum atomic E-state index is -0.381. The Kier molecular flexibility index (Phi) is 5.43. The van der Waals surface area contributed by atoms with E-state index in [1.165, 1.54) is 0 Å². The van der Waals surface area contributed by atoms with Crippen molar-refractivity contribution in [1.29, 1.82) is 0 Å². The molecular formula is C23H26N2O4. The molecule has 0 aromatic heterocycles. The van der Waals surface area contributed by atoms with Gasteiger partial charge in [0.2, 0.25) is 11.8 Å². The minimum absolute atomic E-state index is 0.0137. The molecule has 29 heavy (non-hydrogen) atoms. The first-order valence-corrected chi connectivity index (χ1v) is 10.1. The third-order valence-corrected chi connectivity index (χ3v) is 5.60. The summed E-state index contributed by atoms with van der Waals surface area (Å²) in [5.74, 6) is 0.931. The molecule has 0 spiro atoms. The molecule has 0 radical (unpaired) electrons. The molecule has 0 saturated carbocycles. The fraction of sp³-hybridized carbons (Fsp3) is 0.391. The number of ether oxygens (including phenoxy) is 2. The standard InChI is InChI=1S/C23H26N2O4/c1-3-29-19-11-5-4-10-18(19)25-15-17(14-21(25)26)23(27)24-13-7-9-16-8-6-12-20(28-2)22(16)24/h4-6,8,10-12,17H,3,7,9,13-15H2,1-2H3. The summed E-state index contributed by atoms with van der Waals surface area (Å²) in [7, 11) is 1.62. The molecule has 2 aromatic carbocycles. The van der Waals surface area contributed by atoms with Crippen LogP contribution in [0.3, 0.4) is 0 Å². The van der Waals surface area contributed by atoms with Gasteiger partial charge in [0.1, 0.15) is 11.5 Å². The van der Waals surface area contributed by atoms with Crippen LogP contribution in [0.25, 0.3) is 0 Å². The predicted molar refractivity (Wildman–Crippen MR) is 112 cm³/mol. The van der Waals surface area contributed by atoms with Crippen molar-refractivity contribution in [3.63, 3.8) is 0 Å². The molecule has 4 rings (SSSR count). The number of nitrogens with zero attached hydrogens (tertiary/aromatic N) is 2. The van der Waals surface area contributed by atoms with Gasteiger partial charge in [0, 0.05) is 19.5 Å². The van der Waals surface area contributed by atoms with Crippen molar-refractivity contribution < 1.29 is 19.1 Å². The summed E-state index contributed by atoms with van der Waals surface area (Å²) < 4.78 is 11.2. The Balaban J connectivity index is 1.59. The minimum Gasteiger partial charge on any atom is -0.495 e. The van der Waals surface area contributed by atoms with Crippen LogP contribution in [0.2, 0.25) is 0 Å². The summed E-state index contributed by atoms with van der Waals surface area (Å²) >= 11 is 0. The Morgan fingerprint density at radius 2 is 1.93 bits per heavy atom. The summed E-state index contributed by atoms with van der Waals surface area (Å²) in [6.45, 7) is 3.44. The van der Waals surface area contributed by atoms with Crippen LogP contribution in [-0.2, 0) is 16.0 Å². The number of aryl methyl sites for hydroxylation is 1. The quantitative estimate of drug-likeness (QED) is 0.780. The van der Waals surface area contributed by atoms with E-state index in [9.17, 15) is 9.59 Å². The molecule has 2 aromatic rings. The third kappa shape index (κ3) is 3.55. The Hall–Kier alpha value is -3.02. The van der Waals surface area contributed by atoms with Gasteiger partial charge in [0.15, 0.2) is 0 Å². The van der Waals surface area contributed by atoms with E-state index in [-0.39, 0.29) is 24.2 Å². The van der Waals surface area contributed by atoms with Gasteiger partial charge in [-0.2, -0.15) is 0 Å². The maximum Gasteiger partial charge on any atom is 0.232 e. The number of hydrogen-bond acceptors (Lipinski definition) is 4.